The topological polar surface area (TPSA) is 105 Å². The molecule has 1 aliphatic rings. The van der Waals surface area contributed by atoms with Crippen LogP contribution in [0.2, 0.25) is 0 Å². The third-order valence-corrected chi connectivity index (χ3v) is 5.06. The second-order valence-corrected chi connectivity index (χ2v) is 6.75. The molecule has 3 aromatic heterocycles. The fourth-order valence-electron chi connectivity index (χ4n) is 3.62. The van der Waals surface area contributed by atoms with Crippen molar-refractivity contribution in [3.63, 3.8) is 0 Å². The van der Waals surface area contributed by atoms with Gasteiger partial charge in [-0.05, 0) is 43.6 Å². The quantitative estimate of drug-likeness (QED) is 0.491. The number of rotatable bonds is 3. The lowest BCUT2D eigenvalue weighted by molar-refractivity contribution is 0.350. The van der Waals surface area contributed by atoms with E-state index >= 15 is 0 Å². The van der Waals surface area contributed by atoms with Crippen LogP contribution in [0.5, 0.6) is 5.75 Å². The van der Waals surface area contributed by atoms with Gasteiger partial charge in [0, 0.05) is 17.3 Å². The van der Waals surface area contributed by atoms with E-state index in [1.807, 2.05) is 16.8 Å². The lowest BCUT2D eigenvalue weighted by atomic mass is 10.0. The number of halogens is 1. The van der Waals surface area contributed by atoms with Crippen molar-refractivity contribution in [1.29, 1.82) is 0 Å². The second-order valence-electron chi connectivity index (χ2n) is 6.75. The number of H-pyrrole nitrogens is 1. The Labute approximate surface area is 167 Å². The molecule has 0 saturated carbocycles. The summed E-state index contributed by atoms with van der Waals surface area (Å²) in [6.07, 6.45) is 9.04. The Bertz CT molecular complexity index is 1090. The second kappa shape index (κ2) is 7.57. The summed E-state index contributed by atoms with van der Waals surface area (Å²) >= 11 is 0. The highest BCUT2D eigenvalue weighted by molar-refractivity contribution is 5.85. The van der Waals surface area contributed by atoms with Crippen molar-refractivity contribution in [2.45, 2.75) is 18.9 Å². The van der Waals surface area contributed by atoms with Crippen LogP contribution in [0.3, 0.4) is 0 Å². The van der Waals surface area contributed by atoms with Crippen molar-refractivity contribution in [2.24, 2.45) is 0 Å². The van der Waals surface area contributed by atoms with Crippen molar-refractivity contribution >= 4 is 23.6 Å². The van der Waals surface area contributed by atoms with E-state index in [0.717, 1.165) is 48.2 Å². The zero-order chi connectivity index (χ0) is 18.2. The Hall–Kier alpha value is -2.97. The molecule has 1 saturated heterocycles. The van der Waals surface area contributed by atoms with Gasteiger partial charge >= 0.3 is 0 Å². The van der Waals surface area contributed by atoms with Crippen LogP contribution >= 0.6 is 12.4 Å². The predicted octanol–water partition coefficient (Wildman–Crippen LogP) is 2.94. The summed E-state index contributed by atoms with van der Waals surface area (Å²) in [5, 5.41) is 25.1. The molecule has 0 radical (unpaired) electrons. The molecule has 0 bridgehead atoms. The standard InChI is InChI=1S/C19H19N7O.ClH/c27-18-7-12(13-8-22-23-9-13)1-2-15(18)16-10-21-19-17(25-16)11-24-26(19)14-3-5-20-6-4-14;/h1-2,7-11,14,20,27H,3-6H2,(H,22,23);1H. The first kappa shape index (κ1) is 18.4. The molecule has 4 heterocycles. The van der Waals surface area contributed by atoms with E-state index < -0.39 is 0 Å². The SMILES string of the molecule is Cl.Oc1cc(-c2cn[nH]c2)ccc1-c1cnc2c(cnn2C2CCNCC2)n1. The monoisotopic (exact) mass is 397 g/mol. The van der Waals surface area contributed by atoms with Gasteiger partial charge in [-0.25, -0.2) is 14.6 Å². The van der Waals surface area contributed by atoms with E-state index in [-0.39, 0.29) is 18.2 Å². The average molecular weight is 398 g/mol. The lowest BCUT2D eigenvalue weighted by Gasteiger charge is -2.23. The van der Waals surface area contributed by atoms with Crippen molar-refractivity contribution < 1.29 is 5.11 Å². The number of phenolic OH excluding ortho intramolecular Hbond substituents is 1. The van der Waals surface area contributed by atoms with Crippen LogP contribution in [-0.4, -0.2) is 48.1 Å². The predicted molar refractivity (Wildman–Crippen MR) is 108 cm³/mol. The smallest absolute Gasteiger partial charge is 0.177 e. The molecule has 144 valence electrons. The fraction of sp³-hybridized carbons (Fsp3) is 0.263. The molecule has 4 aromatic rings. The van der Waals surface area contributed by atoms with Crippen LogP contribution in [0.1, 0.15) is 18.9 Å². The number of benzene rings is 1. The van der Waals surface area contributed by atoms with Crippen LogP contribution < -0.4 is 5.32 Å². The van der Waals surface area contributed by atoms with Crippen LogP contribution in [0.4, 0.5) is 0 Å². The number of piperidine rings is 1. The average Bonchev–Trinajstić information content (AvgIpc) is 3.38. The minimum absolute atomic E-state index is 0. The summed E-state index contributed by atoms with van der Waals surface area (Å²) in [4.78, 5) is 9.27. The van der Waals surface area contributed by atoms with Crippen molar-refractivity contribution in [3.8, 4) is 28.1 Å². The summed E-state index contributed by atoms with van der Waals surface area (Å²) in [6.45, 7) is 1.99. The Balaban J connectivity index is 0.00000192. The minimum atomic E-state index is 0. The molecule has 28 heavy (non-hydrogen) atoms. The van der Waals surface area contributed by atoms with Gasteiger partial charge in [-0.15, -0.1) is 12.4 Å². The summed E-state index contributed by atoms with van der Waals surface area (Å²) < 4.78 is 1.98. The Morgan fingerprint density at radius 2 is 1.93 bits per heavy atom. The molecule has 1 fully saturated rings. The van der Waals surface area contributed by atoms with Gasteiger partial charge in [0.1, 0.15) is 11.3 Å². The molecule has 0 aliphatic carbocycles. The minimum Gasteiger partial charge on any atom is -0.507 e. The molecule has 5 rings (SSSR count). The summed E-state index contributed by atoms with van der Waals surface area (Å²) in [5.74, 6) is 0.160. The maximum atomic E-state index is 10.5. The van der Waals surface area contributed by atoms with E-state index in [0.29, 0.717) is 17.3 Å². The maximum Gasteiger partial charge on any atom is 0.177 e. The zero-order valence-electron chi connectivity index (χ0n) is 15.0. The van der Waals surface area contributed by atoms with Gasteiger partial charge in [0.2, 0.25) is 0 Å². The normalized spacial score (nSPS) is 14.9. The highest BCUT2D eigenvalue weighted by atomic mass is 35.5. The highest BCUT2D eigenvalue weighted by Crippen LogP contribution is 2.33. The van der Waals surface area contributed by atoms with E-state index in [4.69, 9.17) is 0 Å². The molecule has 0 amide bonds. The molecule has 9 heteroatoms. The van der Waals surface area contributed by atoms with Crippen LogP contribution in [0.25, 0.3) is 33.5 Å². The van der Waals surface area contributed by atoms with E-state index in [1.165, 1.54) is 0 Å². The van der Waals surface area contributed by atoms with Gasteiger partial charge in [-0.2, -0.15) is 10.2 Å². The molecule has 8 nitrogen and oxygen atoms in total. The van der Waals surface area contributed by atoms with Gasteiger partial charge in [0.25, 0.3) is 0 Å². The zero-order valence-corrected chi connectivity index (χ0v) is 15.9. The first-order chi connectivity index (χ1) is 13.3. The number of aromatic hydroxyl groups is 1. The molecule has 3 N–H and O–H groups in total. The van der Waals surface area contributed by atoms with Crippen LogP contribution in [0, 0.1) is 0 Å². The highest BCUT2D eigenvalue weighted by Gasteiger charge is 2.19. The third-order valence-electron chi connectivity index (χ3n) is 5.06. The number of nitrogens with one attached hydrogen (secondary N) is 2. The first-order valence-corrected chi connectivity index (χ1v) is 9.03. The van der Waals surface area contributed by atoms with Crippen molar-refractivity contribution in [3.05, 3.63) is 43.0 Å². The number of hydrogen-bond donors (Lipinski definition) is 3. The number of fused-ring (bicyclic) bond motifs is 1. The number of hydrogen-bond acceptors (Lipinski definition) is 6. The van der Waals surface area contributed by atoms with Gasteiger partial charge in [-0.3, -0.25) is 5.10 Å². The van der Waals surface area contributed by atoms with Gasteiger partial charge in [-0.1, -0.05) is 6.07 Å². The Morgan fingerprint density at radius 3 is 2.68 bits per heavy atom. The van der Waals surface area contributed by atoms with E-state index in [9.17, 15) is 5.11 Å². The molecule has 0 unspecified atom stereocenters. The molecule has 1 aromatic carbocycles. The third kappa shape index (κ3) is 3.21. The summed E-state index contributed by atoms with van der Waals surface area (Å²) in [6, 6.07) is 5.85. The number of aromatic nitrogens is 6. The number of phenols is 1. The number of aromatic amines is 1. The van der Waals surface area contributed by atoms with Crippen LogP contribution in [-0.2, 0) is 0 Å². The number of nitrogens with zero attached hydrogens (tertiary/aromatic N) is 5. The van der Waals surface area contributed by atoms with E-state index in [1.54, 1.807) is 30.9 Å². The Morgan fingerprint density at radius 1 is 1.07 bits per heavy atom. The fourth-order valence-corrected chi connectivity index (χ4v) is 3.62. The maximum absolute atomic E-state index is 10.5. The lowest BCUT2D eigenvalue weighted by Crippen LogP contribution is -2.29. The molecule has 0 spiro atoms. The largest absolute Gasteiger partial charge is 0.507 e. The van der Waals surface area contributed by atoms with Gasteiger partial charge in [0.05, 0.1) is 30.3 Å². The summed E-state index contributed by atoms with van der Waals surface area (Å²) in [5.41, 5.74) is 4.61. The summed E-state index contributed by atoms with van der Waals surface area (Å²) in [7, 11) is 0. The molecular weight excluding hydrogens is 378 g/mol. The molecule has 0 atom stereocenters. The Kier molecular flexibility index (Phi) is 4.97. The van der Waals surface area contributed by atoms with Crippen molar-refractivity contribution in [1.82, 2.24) is 35.3 Å². The molecule has 1 aliphatic heterocycles. The van der Waals surface area contributed by atoms with Crippen LogP contribution in [0.15, 0.2) is 43.0 Å². The van der Waals surface area contributed by atoms with Gasteiger partial charge < -0.3 is 10.4 Å². The van der Waals surface area contributed by atoms with Gasteiger partial charge in [0.15, 0.2) is 5.65 Å². The molecular formula is C19H20ClN7O. The van der Waals surface area contributed by atoms with Crippen molar-refractivity contribution in [2.75, 3.05) is 13.1 Å². The first-order valence-electron chi connectivity index (χ1n) is 9.03. The van der Waals surface area contributed by atoms with E-state index in [2.05, 4.69) is 30.6 Å².